The van der Waals surface area contributed by atoms with Crippen molar-refractivity contribution in [1.29, 1.82) is 0 Å². The first kappa shape index (κ1) is 21.3. The molecule has 0 aliphatic heterocycles. The Morgan fingerprint density at radius 1 is 1.06 bits per heavy atom. The number of nitrogen functional groups attached to an aromatic ring is 1. The van der Waals surface area contributed by atoms with Crippen LogP contribution in [0.1, 0.15) is 25.1 Å². The molecule has 9 heteroatoms. The summed E-state index contributed by atoms with van der Waals surface area (Å²) in [6.07, 6.45) is 2.85. The van der Waals surface area contributed by atoms with Gasteiger partial charge < -0.3 is 16.0 Å². The van der Waals surface area contributed by atoms with Crippen LogP contribution in [-0.4, -0.2) is 25.8 Å². The van der Waals surface area contributed by atoms with E-state index in [1.807, 2.05) is 53.4 Å². The summed E-state index contributed by atoms with van der Waals surface area (Å²) >= 11 is 3.10. The fourth-order valence-electron chi connectivity index (χ4n) is 3.63. The van der Waals surface area contributed by atoms with Crippen LogP contribution in [0.2, 0.25) is 0 Å². The summed E-state index contributed by atoms with van der Waals surface area (Å²) in [5, 5.41) is 5.57. The number of aromatic nitrogens is 4. The highest BCUT2D eigenvalue weighted by atomic mass is 32.1. The van der Waals surface area contributed by atoms with Crippen molar-refractivity contribution >= 4 is 50.3 Å². The number of amides is 1. The van der Waals surface area contributed by atoms with E-state index in [0.29, 0.717) is 12.2 Å². The van der Waals surface area contributed by atoms with Gasteiger partial charge in [-0.2, -0.15) is 0 Å². The quantitative estimate of drug-likeness (QED) is 0.248. The lowest BCUT2D eigenvalue weighted by Gasteiger charge is -2.04. The molecule has 0 atom stereocenters. The molecule has 5 rings (SSSR count). The number of nitrogens with zero attached hydrogens (tertiary/aromatic N) is 3. The van der Waals surface area contributed by atoms with Crippen molar-refractivity contribution in [3.8, 4) is 22.0 Å². The van der Waals surface area contributed by atoms with E-state index in [2.05, 4.69) is 26.3 Å². The number of aryl methyl sites for hydroxylation is 1. The molecule has 166 valence electrons. The summed E-state index contributed by atoms with van der Waals surface area (Å²) in [6.45, 7) is 0. The van der Waals surface area contributed by atoms with Crippen LogP contribution in [0.15, 0.2) is 59.4 Å². The van der Waals surface area contributed by atoms with Crippen molar-refractivity contribution in [2.75, 3.05) is 11.1 Å². The number of rotatable bonds is 8. The van der Waals surface area contributed by atoms with Crippen LogP contribution in [-0.2, 0) is 11.2 Å². The summed E-state index contributed by atoms with van der Waals surface area (Å²) in [4.78, 5) is 29.3. The van der Waals surface area contributed by atoms with Gasteiger partial charge in [-0.05, 0) is 37.1 Å². The fourth-order valence-corrected chi connectivity index (χ4v) is 5.06. The zero-order valence-electron chi connectivity index (χ0n) is 17.7. The van der Waals surface area contributed by atoms with Gasteiger partial charge in [0.05, 0.1) is 21.4 Å². The topological polar surface area (TPSA) is 110 Å². The molecule has 0 radical (unpaired) electrons. The predicted molar refractivity (Wildman–Crippen MR) is 135 cm³/mol. The Hall–Kier alpha value is -3.56. The number of carbonyl (C=O) groups is 1. The van der Waals surface area contributed by atoms with E-state index in [1.54, 1.807) is 11.3 Å². The van der Waals surface area contributed by atoms with Crippen molar-refractivity contribution in [3.63, 3.8) is 0 Å². The van der Waals surface area contributed by atoms with Gasteiger partial charge in [-0.3, -0.25) is 4.79 Å². The summed E-state index contributed by atoms with van der Waals surface area (Å²) in [7, 11) is 0. The van der Waals surface area contributed by atoms with Gasteiger partial charge in [0.1, 0.15) is 22.3 Å². The number of hydrogen-bond donors (Lipinski definition) is 3. The van der Waals surface area contributed by atoms with Crippen LogP contribution < -0.4 is 11.1 Å². The number of aromatic amines is 1. The molecule has 0 aliphatic rings. The maximum absolute atomic E-state index is 12.2. The number of thiazole rings is 2. The number of imidazole rings is 1. The summed E-state index contributed by atoms with van der Waals surface area (Å²) in [5.41, 5.74) is 12.3. The minimum Gasteiger partial charge on any atom is -0.383 e. The molecule has 0 spiro atoms. The monoisotopic (exact) mass is 474 g/mol. The molecule has 5 aromatic rings. The first-order valence-corrected chi connectivity index (χ1v) is 12.4. The van der Waals surface area contributed by atoms with E-state index in [-0.39, 0.29) is 5.91 Å². The Labute approximate surface area is 198 Å². The minimum absolute atomic E-state index is 0.0261. The molecule has 0 saturated heterocycles. The average Bonchev–Trinajstić information content (AvgIpc) is 3.56. The summed E-state index contributed by atoms with van der Waals surface area (Å²) in [5.74, 6) is 1.40. The molecule has 3 heterocycles. The van der Waals surface area contributed by atoms with Crippen molar-refractivity contribution in [1.82, 2.24) is 19.9 Å². The molecule has 7 nitrogen and oxygen atoms in total. The van der Waals surface area contributed by atoms with Gasteiger partial charge in [0.25, 0.3) is 0 Å². The molecular formula is C24H22N6OS2. The Bertz CT molecular complexity index is 1390. The normalized spacial score (nSPS) is 11.2. The van der Waals surface area contributed by atoms with E-state index >= 15 is 0 Å². The number of nitrogens with two attached hydrogens (primary N) is 1. The smallest absolute Gasteiger partial charge is 0.224 e. The Morgan fingerprint density at radius 2 is 1.94 bits per heavy atom. The van der Waals surface area contributed by atoms with E-state index < -0.39 is 0 Å². The SMILES string of the molecule is Nc1csc(-c2[nH]c(CCCCC(=O)Nc3ccccc3)nc2-c2ccc3ncsc3c2)n1. The molecule has 0 fully saturated rings. The van der Waals surface area contributed by atoms with Crippen molar-refractivity contribution in [2.24, 2.45) is 0 Å². The molecule has 0 saturated carbocycles. The Balaban J connectivity index is 1.29. The minimum atomic E-state index is 0.0261. The zero-order chi connectivity index (χ0) is 22.6. The third-order valence-electron chi connectivity index (χ3n) is 5.22. The molecule has 2 aromatic carbocycles. The molecule has 0 aliphatic carbocycles. The van der Waals surface area contributed by atoms with Crippen LogP contribution in [0.25, 0.3) is 32.2 Å². The molecule has 3 aromatic heterocycles. The van der Waals surface area contributed by atoms with Crippen LogP contribution in [0.5, 0.6) is 0 Å². The van der Waals surface area contributed by atoms with Crippen LogP contribution >= 0.6 is 22.7 Å². The lowest BCUT2D eigenvalue weighted by Crippen LogP contribution is -2.11. The van der Waals surface area contributed by atoms with E-state index in [9.17, 15) is 4.79 Å². The fraction of sp³-hybridized carbons (Fsp3) is 0.167. The number of H-pyrrole nitrogens is 1. The highest BCUT2D eigenvalue weighted by Gasteiger charge is 2.17. The van der Waals surface area contributed by atoms with Crippen molar-refractivity contribution in [3.05, 3.63) is 65.2 Å². The van der Waals surface area contributed by atoms with Gasteiger partial charge >= 0.3 is 0 Å². The third-order valence-corrected chi connectivity index (χ3v) is 6.89. The van der Waals surface area contributed by atoms with E-state index in [4.69, 9.17) is 10.7 Å². The molecule has 33 heavy (non-hydrogen) atoms. The van der Waals surface area contributed by atoms with Gasteiger partial charge in [0, 0.05) is 29.5 Å². The standard InChI is InChI=1S/C24H22N6OS2/c25-19-13-32-24(28-19)23-22(15-10-11-17-18(12-15)33-14-26-17)29-20(30-23)8-4-5-9-21(31)27-16-6-2-1-3-7-16/h1-3,6-7,10-14H,4-5,8-9,25H2,(H,27,31)(H,29,30). The van der Waals surface area contributed by atoms with E-state index in [0.717, 1.165) is 62.9 Å². The average molecular weight is 475 g/mol. The molecular weight excluding hydrogens is 452 g/mol. The largest absolute Gasteiger partial charge is 0.383 e. The summed E-state index contributed by atoms with van der Waals surface area (Å²) < 4.78 is 1.12. The molecule has 0 unspecified atom stereocenters. The zero-order valence-corrected chi connectivity index (χ0v) is 19.4. The van der Waals surface area contributed by atoms with Crippen LogP contribution in [0.4, 0.5) is 11.5 Å². The number of anilines is 2. The van der Waals surface area contributed by atoms with Gasteiger partial charge in [0.15, 0.2) is 0 Å². The first-order valence-electron chi connectivity index (χ1n) is 10.6. The second kappa shape index (κ2) is 9.51. The van der Waals surface area contributed by atoms with Crippen LogP contribution in [0.3, 0.4) is 0 Å². The third kappa shape index (κ3) is 4.94. The maximum Gasteiger partial charge on any atom is 0.224 e. The number of fused-ring (bicyclic) bond motifs is 1. The summed E-state index contributed by atoms with van der Waals surface area (Å²) in [6, 6.07) is 15.7. The number of para-hydroxylation sites is 1. The van der Waals surface area contributed by atoms with Gasteiger partial charge in [0.2, 0.25) is 5.91 Å². The molecule has 4 N–H and O–H groups in total. The molecule has 0 bridgehead atoms. The number of benzene rings is 2. The van der Waals surface area contributed by atoms with Gasteiger partial charge in [-0.25, -0.2) is 15.0 Å². The Morgan fingerprint density at radius 3 is 2.76 bits per heavy atom. The highest BCUT2D eigenvalue weighted by molar-refractivity contribution is 7.16. The lowest BCUT2D eigenvalue weighted by atomic mass is 10.1. The lowest BCUT2D eigenvalue weighted by molar-refractivity contribution is -0.116. The van der Waals surface area contributed by atoms with Crippen molar-refractivity contribution < 1.29 is 4.79 Å². The predicted octanol–water partition coefficient (Wildman–Crippen LogP) is 5.74. The maximum atomic E-state index is 12.2. The van der Waals surface area contributed by atoms with Gasteiger partial charge in [-0.1, -0.05) is 24.3 Å². The van der Waals surface area contributed by atoms with Crippen LogP contribution in [0, 0.1) is 0 Å². The van der Waals surface area contributed by atoms with Crippen molar-refractivity contribution in [2.45, 2.75) is 25.7 Å². The number of carbonyl (C=O) groups excluding carboxylic acids is 1. The first-order chi connectivity index (χ1) is 16.2. The van der Waals surface area contributed by atoms with E-state index in [1.165, 1.54) is 11.3 Å². The molecule has 1 amide bonds. The van der Waals surface area contributed by atoms with Gasteiger partial charge in [-0.15, -0.1) is 22.7 Å². The Kier molecular flexibility index (Phi) is 6.14. The number of hydrogen-bond acceptors (Lipinski definition) is 7. The second-order valence-corrected chi connectivity index (χ2v) is 9.39. The number of unbranched alkanes of at least 4 members (excludes halogenated alkanes) is 1. The highest BCUT2D eigenvalue weighted by Crippen LogP contribution is 2.34. The number of nitrogens with one attached hydrogen (secondary N) is 2. The second-order valence-electron chi connectivity index (χ2n) is 7.64.